The first-order valence-electron chi connectivity index (χ1n) is 7.61. The maximum atomic E-state index is 12.1. The molecule has 1 rings (SSSR count). The molecule has 1 aromatic carbocycles. The van der Waals surface area contributed by atoms with Crippen LogP contribution in [0.3, 0.4) is 0 Å². The highest BCUT2D eigenvalue weighted by molar-refractivity contribution is 5.92. The first-order chi connectivity index (χ1) is 10.5. The molecule has 120 valence electrons. The Morgan fingerprint density at radius 3 is 2.36 bits per heavy atom. The van der Waals surface area contributed by atoms with Crippen molar-refractivity contribution in [2.75, 3.05) is 20.2 Å². The summed E-state index contributed by atoms with van der Waals surface area (Å²) >= 11 is 0. The lowest BCUT2D eigenvalue weighted by Gasteiger charge is -2.18. The molecule has 4 heteroatoms. The predicted octanol–water partition coefficient (Wildman–Crippen LogP) is 3.23. The van der Waals surface area contributed by atoms with Crippen molar-refractivity contribution in [2.24, 2.45) is 0 Å². The summed E-state index contributed by atoms with van der Waals surface area (Å²) in [5.74, 6) is 0.0902. The van der Waals surface area contributed by atoms with E-state index >= 15 is 0 Å². The topological polar surface area (TPSA) is 46.6 Å². The third-order valence-electron chi connectivity index (χ3n) is 3.53. The fourth-order valence-corrected chi connectivity index (χ4v) is 2.02. The fourth-order valence-electron chi connectivity index (χ4n) is 2.02. The number of hydrogen-bond acceptors (Lipinski definition) is 3. The molecule has 0 aliphatic heterocycles. The first-order valence-corrected chi connectivity index (χ1v) is 7.61. The van der Waals surface area contributed by atoms with E-state index in [2.05, 4.69) is 30.7 Å². The van der Waals surface area contributed by atoms with Gasteiger partial charge in [0, 0.05) is 19.2 Å². The van der Waals surface area contributed by atoms with Gasteiger partial charge in [-0.25, -0.2) is 0 Å². The molecule has 0 N–H and O–H groups in total. The Balaban J connectivity index is 2.62. The second-order valence-electron chi connectivity index (χ2n) is 5.40. The highest BCUT2D eigenvalue weighted by atomic mass is 16.5. The molecule has 0 aliphatic rings. The number of hydrogen-bond donors (Lipinski definition) is 0. The van der Waals surface area contributed by atoms with Crippen LogP contribution in [0.4, 0.5) is 0 Å². The summed E-state index contributed by atoms with van der Waals surface area (Å²) in [6.45, 7) is 7.12. The van der Waals surface area contributed by atoms with Crippen LogP contribution in [0.15, 0.2) is 30.3 Å². The lowest BCUT2D eigenvalue weighted by Crippen LogP contribution is -2.31. The van der Waals surface area contributed by atoms with Crippen molar-refractivity contribution < 1.29 is 14.3 Å². The Kier molecular flexibility index (Phi) is 7.37. The Morgan fingerprint density at radius 2 is 1.86 bits per heavy atom. The molecular weight excluding hydrogens is 278 g/mol. The second-order valence-corrected chi connectivity index (χ2v) is 5.40. The van der Waals surface area contributed by atoms with Gasteiger partial charge in [-0.2, -0.15) is 0 Å². The van der Waals surface area contributed by atoms with Gasteiger partial charge in [0.05, 0.1) is 13.5 Å². The average molecular weight is 303 g/mol. The third-order valence-corrected chi connectivity index (χ3v) is 3.53. The molecule has 1 amide bonds. The zero-order valence-corrected chi connectivity index (χ0v) is 13.8. The standard InChI is InChI=1S/C18H25NO3/c1-5-19(13-12-18(21)22-4)17(20)11-8-15-6-9-16(10-7-15)14(2)3/h6-11,14H,5,12-13H2,1-4H3/b11-8+. The average Bonchev–Trinajstić information content (AvgIpc) is 2.53. The van der Waals surface area contributed by atoms with Gasteiger partial charge in [-0.05, 0) is 30.0 Å². The molecule has 0 atom stereocenters. The summed E-state index contributed by atoms with van der Waals surface area (Å²) in [4.78, 5) is 24.9. The summed E-state index contributed by atoms with van der Waals surface area (Å²) < 4.78 is 4.59. The number of nitrogens with zero attached hydrogens (tertiary/aromatic N) is 1. The number of amides is 1. The maximum Gasteiger partial charge on any atom is 0.307 e. The van der Waals surface area contributed by atoms with Gasteiger partial charge in [0.2, 0.25) is 5.91 Å². The Labute approximate surface area is 132 Å². The van der Waals surface area contributed by atoms with E-state index in [9.17, 15) is 9.59 Å². The number of carbonyl (C=O) groups is 2. The summed E-state index contributed by atoms with van der Waals surface area (Å²) in [6.07, 6.45) is 3.56. The molecule has 0 aromatic heterocycles. The fraction of sp³-hybridized carbons (Fsp3) is 0.444. The van der Waals surface area contributed by atoms with Crippen molar-refractivity contribution in [3.8, 4) is 0 Å². The van der Waals surface area contributed by atoms with Gasteiger partial charge in [0.25, 0.3) is 0 Å². The molecule has 0 aliphatic carbocycles. The largest absolute Gasteiger partial charge is 0.469 e. The van der Waals surface area contributed by atoms with Crippen LogP contribution < -0.4 is 0 Å². The molecule has 22 heavy (non-hydrogen) atoms. The highest BCUT2D eigenvalue weighted by Crippen LogP contribution is 2.15. The number of carbonyl (C=O) groups excluding carboxylic acids is 2. The third kappa shape index (κ3) is 5.72. The van der Waals surface area contributed by atoms with Crippen LogP contribution in [-0.4, -0.2) is 37.0 Å². The number of methoxy groups -OCH3 is 1. The Bertz CT molecular complexity index is 518. The van der Waals surface area contributed by atoms with E-state index in [0.29, 0.717) is 19.0 Å². The van der Waals surface area contributed by atoms with Gasteiger partial charge < -0.3 is 9.64 Å². The molecule has 4 nitrogen and oxygen atoms in total. The Morgan fingerprint density at radius 1 is 1.23 bits per heavy atom. The van der Waals surface area contributed by atoms with E-state index in [-0.39, 0.29) is 18.3 Å². The second kappa shape index (κ2) is 9.03. The van der Waals surface area contributed by atoms with Crippen LogP contribution in [0, 0.1) is 0 Å². The number of rotatable bonds is 7. The van der Waals surface area contributed by atoms with Crippen molar-refractivity contribution in [3.05, 3.63) is 41.5 Å². The molecule has 0 unspecified atom stereocenters. The van der Waals surface area contributed by atoms with E-state index < -0.39 is 0 Å². The number of likely N-dealkylation sites (N-methyl/N-ethyl adjacent to an activating group) is 1. The van der Waals surface area contributed by atoms with Crippen molar-refractivity contribution in [1.29, 1.82) is 0 Å². The summed E-state index contributed by atoms with van der Waals surface area (Å²) in [5, 5.41) is 0. The molecular formula is C18H25NO3. The van der Waals surface area contributed by atoms with Gasteiger partial charge >= 0.3 is 5.97 Å². The van der Waals surface area contributed by atoms with Crippen molar-refractivity contribution in [2.45, 2.75) is 33.1 Å². The molecule has 0 radical (unpaired) electrons. The van der Waals surface area contributed by atoms with Crippen LogP contribution in [-0.2, 0) is 14.3 Å². The molecule has 0 bridgehead atoms. The number of benzene rings is 1. The predicted molar refractivity (Wildman–Crippen MR) is 88.5 cm³/mol. The minimum Gasteiger partial charge on any atom is -0.469 e. The Hall–Kier alpha value is -2.10. The van der Waals surface area contributed by atoms with Crippen molar-refractivity contribution >= 4 is 18.0 Å². The zero-order valence-electron chi connectivity index (χ0n) is 13.8. The SMILES string of the molecule is CCN(CCC(=O)OC)C(=O)/C=C/c1ccc(C(C)C)cc1. The monoisotopic (exact) mass is 303 g/mol. The van der Waals surface area contributed by atoms with Crippen LogP contribution in [0.5, 0.6) is 0 Å². The molecule has 0 spiro atoms. The number of ether oxygens (including phenoxy) is 1. The van der Waals surface area contributed by atoms with Gasteiger partial charge in [0.1, 0.15) is 0 Å². The van der Waals surface area contributed by atoms with E-state index in [4.69, 9.17) is 0 Å². The van der Waals surface area contributed by atoms with Crippen molar-refractivity contribution in [3.63, 3.8) is 0 Å². The van der Waals surface area contributed by atoms with Crippen molar-refractivity contribution in [1.82, 2.24) is 4.90 Å². The van der Waals surface area contributed by atoms with E-state index in [1.165, 1.54) is 12.7 Å². The normalized spacial score (nSPS) is 11.0. The quantitative estimate of drug-likeness (QED) is 0.574. The van der Waals surface area contributed by atoms with Crippen LogP contribution in [0.2, 0.25) is 0 Å². The lowest BCUT2D eigenvalue weighted by atomic mass is 10.0. The molecule has 0 saturated carbocycles. The highest BCUT2D eigenvalue weighted by Gasteiger charge is 2.10. The smallest absolute Gasteiger partial charge is 0.307 e. The molecule has 0 saturated heterocycles. The summed E-state index contributed by atoms with van der Waals surface area (Å²) in [5.41, 5.74) is 2.26. The summed E-state index contributed by atoms with van der Waals surface area (Å²) in [6, 6.07) is 8.15. The molecule has 0 fully saturated rings. The van der Waals surface area contributed by atoms with E-state index in [1.54, 1.807) is 17.1 Å². The number of esters is 1. The van der Waals surface area contributed by atoms with Crippen LogP contribution >= 0.6 is 0 Å². The zero-order chi connectivity index (χ0) is 16.5. The van der Waals surface area contributed by atoms with Gasteiger partial charge in [-0.1, -0.05) is 38.1 Å². The van der Waals surface area contributed by atoms with Crippen LogP contribution in [0.25, 0.3) is 6.08 Å². The summed E-state index contributed by atoms with van der Waals surface area (Å²) in [7, 11) is 1.35. The maximum absolute atomic E-state index is 12.1. The van der Waals surface area contributed by atoms with Gasteiger partial charge in [-0.15, -0.1) is 0 Å². The first kappa shape index (κ1) is 18.0. The lowest BCUT2D eigenvalue weighted by molar-refractivity contribution is -0.141. The minimum absolute atomic E-state index is 0.0978. The van der Waals surface area contributed by atoms with Gasteiger partial charge in [0.15, 0.2) is 0 Å². The van der Waals surface area contributed by atoms with Crippen LogP contribution in [0.1, 0.15) is 44.2 Å². The molecule has 1 aromatic rings. The minimum atomic E-state index is -0.306. The van der Waals surface area contributed by atoms with E-state index in [0.717, 1.165) is 5.56 Å². The molecule has 0 heterocycles. The van der Waals surface area contributed by atoms with E-state index in [1.807, 2.05) is 19.1 Å². The van der Waals surface area contributed by atoms with Gasteiger partial charge in [-0.3, -0.25) is 9.59 Å².